The molecule has 0 amide bonds. The van der Waals surface area contributed by atoms with E-state index >= 15 is 0 Å². The molecule has 0 fully saturated rings. The Labute approximate surface area is 136 Å². The maximum absolute atomic E-state index is 10.9. The lowest BCUT2D eigenvalue weighted by atomic mass is 10.1. The van der Waals surface area contributed by atoms with Crippen molar-refractivity contribution >= 4 is 10.1 Å². The van der Waals surface area contributed by atoms with Crippen molar-refractivity contribution in [2.24, 2.45) is 0 Å². The third-order valence-corrected chi connectivity index (χ3v) is 2.63. The van der Waals surface area contributed by atoms with Gasteiger partial charge in [-0.15, -0.1) is 19.7 Å². The highest BCUT2D eigenvalue weighted by atomic mass is 32.2. The molecule has 1 N–H and O–H groups in total. The Morgan fingerprint density at radius 3 is 1.64 bits per heavy atom. The first kappa shape index (κ1) is 25.3. The predicted octanol–water partition coefficient (Wildman–Crippen LogP) is 5.28. The molecule has 125 valence electrons. The summed E-state index contributed by atoms with van der Waals surface area (Å²) in [5, 5.41) is 0. The molecule has 0 bridgehead atoms. The van der Waals surface area contributed by atoms with E-state index in [1.165, 1.54) is 6.07 Å². The van der Waals surface area contributed by atoms with E-state index in [2.05, 4.69) is 19.7 Å². The van der Waals surface area contributed by atoms with E-state index in [0.717, 1.165) is 0 Å². The molecule has 1 aromatic rings. The third-order valence-electron chi connectivity index (χ3n) is 1.67. The van der Waals surface area contributed by atoms with Crippen LogP contribution in [-0.2, 0) is 16.5 Å². The van der Waals surface area contributed by atoms with E-state index in [1.807, 2.05) is 34.1 Å². The van der Waals surface area contributed by atoms with Gasteiger partial charge < -0.3 is 0 Å². The summed E-state index contributed by atoms with van der Waals surface area (Å²) in [6.07, 6.45) is 7.62. The molecule has 0 aliphatic rings. The minimum absolute atomic E-state index is 0.00639. The Morgan fingerprint density at radius 1 is 0.955 bits per heavy atom. The fourth-order valence-corrected chi connectivity index (χ4v) is 1.88. The Kier molecular flexibility index (Phi) is 20.0. The average molecular weight is 325 g/mol. The first-order chi connectivity index (χ1) is 10.3. The molecule has 0 aromatic heterocycles. The van der Waals surface area contributed by atoms with Crippen molar-refractivity contribution in [1.82, 2.24) is 0 Å². The second-order valence-electron chi connectivity index (χ2n) is 3.92. The molecular weight excluding hydrogens is 296 g/mol. The molecule has 0 aliphatic heterocycles. The Bertz CT molecular complexity index is 489. The molecule has 0 atom stereocenters. The molecule has 22 heavy (non-hydrogen) atoms. The van der Waals surface area contributed by atoms with Gasteiger partial charge in [-0.3, -0.25) is 4.55 Å². The van der Waals surface area contributed by atoms with Crippen LogP contribution in [0.1, 0.15) is 33.3 Å². The number of allylic oxidation sites excluding steroid dienone is 3. The van der Waals surface area contributed by atoms with Crippen molar-refractivity contribution in [2.45, 2.75) is 39.0 Å². The second-order valence-corrected chi connectivity index (χ2v) is 5.31. The Morgan fingerprint density at radius 2 is 1.32 bits per heavy atom. The van der Waals surface area contributed by atoms with E-state index in [4.69, 9.17) is 4.55 Å². The third kappa shape index (κ3) is 16.4. The summed E-state index contributed by atoms with van der Waals surface area (Å²) in [5.41, 5.74) is 0.618. The van der Waals surface area contributed by atoms with Gasteiger partial charge in [-0.05, 0) is 45.2 Å². The van der Waals surface area contributed by atoms with Crippen molar-refractivity contribution < 1.29 is 13.0 Å². The summed E-state index contributed by atoms with van der Waals surface area (Å²) in [4.78, 5) is -0.00639. The largest absolute Gasteiger partial charge is 0.294 e. The maximum Gasteiger partial charge on any atom is 0.294 e. The van der Waals surface area contributed by atoms with Crippen LogP contribution in [0.5, 0.6) is 0 Å². The molecule has 4 heteroatoms. The fourth-order valence-electron chi connectivity index (χ4n) is 1.14. The minimum Gasteiger partial charge on any atom is -0.282 e. The number of hydrogen-bond acceptors (Lipinski definition) is 2. The zero-order chi connectivity index (χ0) is 18.0. The van der Waals surface area contributed by atoms with Crippen LogP contribution < -0.4 is 0 Å². The fraction of sp³-hybridized carbons (Fsp3) is 0.278. The van der Waals surface area contributed by atoms with Crippen LogP contribution in [0, 0.1) is 6.42 Å². The monoisotopic (exact) mass is 325 g/mol. The van der Waals surface area contributed by atoms with Crippen LogP contribution in [0.25, 0.3) is 0 Å². The van der Waals surface area contributed by atoms with Crippen LogP contribution in [0.4, 0.5) is 0 Å². The topological polar surface area (TPSA) is 54.4 Å². The lowest BCUT2D eigenvalue weighted by Crippen LogP contribution is -2.02. The Hall–Kier alpha value is -1.65. The van der Waals surface area contributed by atoms with Gasteiger partial charge in [0.05, 0.1) is 4.90 Å². The van der Waals surface area contributed by atoms with E-state index < -0.39 is 10.1 Å². The van der Waals surface area contributed by atoms with E-state index in [-0.39, 0.29) is 4.90 Å². The zero-order valence-corrected chi connectivity index (χ0v) is 14.9. The Balaban J connectivity index is -0.000000334. The van der Waals surface area contributed by atoms with Crippen molar-refractivity contribution in [3.8, 4) is 0 Å². The zero-order valence-electron chi connectivity index (χ0n) is 14.1. The molecule has 0 heterocycles. The highest BCUT2D eigenvalue weighted by molar-refractivity contribution is 7.85. The van der Waals surface area contributed by atoms with Gasteiger partial charge >= 0.3 is 0 Å². The van der Waals surface area contributed by atoms with Gasteiger partial charge in [0.1, 0.15) is 0 Å². The second kappa shape index (κ2) is 17.4. The SMILES string of the molecule is C=CC.C=CC.C=CC.C[CH]Cc1ccccc1S(=O)(=O)O. The summed E-state index contributed by atoms with van der Waals surface area (Å²) in [7, 11) is -4.08. The van der Waals surface area contributed by atoms with Gasteiger partial charge in [0, 0.05) is 0 Å². The molecule has 3 nitrogen and oxygen atoms in total. The van der Waals surface area contributed by atoms with Crippen molar-refractivity contribution in [1.29, 1.82) is 0 Å². The van der Waals surface area contributed by atoms with E-state index in [1.54, 1.807) is 36.4 Å². The van der Waals surface area contributed by atoms with Crippen molar-refractivity contribution in [3.63, 3.8) is 0 Å². The normalized spacial score (nSPS) is 8.59. The predicted molar refractivity (Wildman–Crippen MR) is 97.5 cm³/mol. The van der Waals surface area contributed by atoms with Gasteiger partial charge in [-0.1, -0.05) is 43.4 Å². The van der Waals surface area contributed by atoms with Crippen molar-refractivity contribution in [2.75, 3.05) is 0 Å². The van der Waals surface area contributed by atoms with Crippen LogP contribution in [0.3, 0.4) is 0 Å². The van der Waals surface area contributed by atoms with E-state index in [9.17, 15) is 8.42 Å². The molecule has 0 saturated heterocycles. The summed E-state index contributed by atoms with van der Waals surface area (Å²) in [5.74, 6) is 0. The lowest BCUT2D eigenvalue weighted by Gasteiger charge is -2.04. The quantitative estimate of drug-likeness (QED) is 0.608. The first-order valence-electron chi connectivity index (χ1n) is 6.84. The number of hydrogen-bond donors (Lipinski definition) is 1. The first-order valence-corrected chi connectivity index (χ1v) is 8.28. The summed E-state index contributed by atoms with van der Waals surface area (Å²) < 4.78 is 30.6. The van der Waals surface area contributed by atoms with Crippen LogP contribution in [0.15, 0.2) is 67.1 Å². The summed E-state index contributed by atoms with van der Waals surface area (Å²) >= 11 is 0. The highest BCUT2D eigenvalue weighted by Gasteiger charge is 2.13. The molecular formula is C18H29O3S. The van der Waals surface area contributed by atoms with Crippen LogP contribution in [-0.4, -0.2) is 13.0 Å². The maximum atomic E-state index is 10.9. The summed E-state index contributed by atoms with van der Waals surface area (Å²) in [6, 6.07) is 6.41. The molecule has 0 saturated carbocycles. The molecule has 1 rings (SSSR count). The van der Waals surface area contributed by atoms with Gasteiger partial charge in [0.15, 0.2) is 0 Å². The average Bonchev–Trinajstić information content (AvgIpc) is 2.41. The van der Waals surface area contributed by atoms with Gasteiger partial charge in [0.2, 0.25) is 0 Å². The van der Waals surface area contributed by atoms with Gasteiger partial charge in [-0.2, -0.15) is 8.42 Å². The molecule has 1 aromatic carbocycles. The van der Waals surface area contributed by atoms with Gasteiger partial charge in [-0.25, -0.2) is 0 Å². The lowest BCUT2D eigenvalue weighted by molar-refractivity contribution is 0.482. The van der Waals surface area contributed by atoms with Crippen LogP contribution in [0.2, 0.25) is 0 Å². The summed E-state index contributed by atoms with van der Waals surface area (Å²) in [6.45, 7) is 17.6. The molecule has 1 radical (unpaired) electrons. The highest BCUT2D eigenvalue weighted by Crippen LogP contribution is 2.15. The van der Waals surface area contributed by atoms with Crippen LogP contribution >= 0.6 is 0 Å². The standard InChI is InChI=1S/C9H11O3S.3C3H6/c1-2-5-8-6-3-4-7-9(8)13(10,11)12;3*1-3-2/h2-4,6-7H,5H2,1H3,(H,10,11,12);3*3H,1H2,2H3. The van der Waals surface area contributed by atoms with Gasteiger partial charge in [0.25, 0.3) is 10.1 Å². The van der Waals surface area contributed by atoms with E-state index in [0.29, 0.717) is 12.0 Å². The number of benzene rings is 1. The number of rotatable bonds is 3. The van der Waals surface area contributed by atoms with Crippen molar-refractivity contribution in [3.05, 3.63) is 74.2 Å². The molecule has 0 spiro atoms. The smallest absolute Gasteiger partial charge is 0.282 e. The minimum atomic E-state index is -4.08. The molecule has 0 aliphatic carbocycles. The molecule has 0 unspecified atom stereocenters.